The van der Waals surface area contributed by atoms with Gasteiger partial charge in [-0.25, -0.2) is 13.2 Å². The van der Waals surface area contributed by atoms with E-state index in [1.54, 1.807) is 72.2 Å². The summed E-state index contributed by atoms with van der Waals surface area (Å²) in [5, 5.41) is 20.2. The maximum absolute atomic E-state index is 13.3. The first kappa shape index (κ1) is 37.3. The molecule has 6 nitrogen and oxygen atoms in total. The number of hydrogen-bond donors (Lipinski definition) is 3. The summed E-state index contributed by atoms with van der Waals surface area (Å²) < 4.78 is 79.9. The fourth-order valence-electron chi connectivity index (χ4n) is 3.89. The van der Waals surface area contributed by atoms with Crippen LogP contribution < -0.4 is 0 Å². The number of pyridine rings is 3. The first-order valence-corrected chi connectivity index (χ1v) is 13.4. The van der Waals surface area contributed by atoms with Crippen LogP contribution in [0, 0.1) is 16.2 Å². The van der Waals surface area contributed by atoms with Gasteiger partial charge in [-0.1, -0.05) is 35.4 Å². The molecule has 0 aliphatic heterocycles. The Morgan fingerprint density at radius 2 is 0.714 bits per heavy atom. The molecule has 0 spiro atoms. The molecule has 0 bridgehead atoms. The van der Waals surface area contributed by atoms with Gasteiger partial charge in [-0.15, -0.1) is 0 Å². The molecule has 49 heavy (non-hydrogen) atoms. The van der Waals surface area contributed by atoms with Crippen molar-refractivity contribution in [1.82, 2.24) is 15.0 Å². The second-order valence-electron chi connectivity index (χ2n) is 9.18. The summed E-state index contributed by atoms with van der Waals surface area (Å²) in [7, 11) is 0. The molecular formula is C36H18F6IrN6. The van der Waals surface area contributed by atoms with Crippen LogP contribution in [0.5, 0.6) is 0 Å². The van der Waals surface area contributed by atoms with Crippen molar-refractivity contribution < 1.29 is 46.4 Å². The average molecular weight is 841 g/mol. The molecule has 0 amide bonds. The van der Waals surface area contributed by atoms with Crippen molar-refractivity contribution >= 4 is 34.3 Å². The number of rotatable bonds is 3. The van der Waals surface area contributed by atoms with Gasteiger partial charge < -0.3 is 0 Å². The van der Waals surface area contributed by atoms with E-state index in [4.69, 9.17) is 16.2 Å². The zero-order valence-corrected chi connectivity index (χ0v) is 27.0. The first-order valence-electron chi connectivity index (χ1n) is 13.4. The Morgan fingerprint density at radius 3 is 0.898 bits per heavy atom. The zero-order valence-electron chi connectivity index (χ0n) is 24.6. The van der Waals surface area contributed by atoms with Crippen LogP contribution >= 0.6 is 0 Å². The van der Waals surface area contributed by atoms with Crippen molar-refractivity contribution in [3.8, 4) is 0 Å². The zero-order chi connectivity index (χ0) is 34.6. The van der Waals surface area contributed by atoms with Gasteiger partial charge in [-0.2, -0.15) is 13.2 Å². The van der Waals surface area contributed by atoms with Gasteiger partial charge >= 0.3 is 0 Å². The van der Waals surface area contributed by atoms with Gasteiger partial charge in [-0.3, -0.25) is 31.2 Å². The monoisotopic (exact) mass is 841 g/mol. The van der Waals surface area contributed by atoms with Crippen LogP contribution in [0.25, 0.3) is 16.7 Å². The van der Waals surface area contributed by atoms with Gasteiger partial charge in [0.2, 0.25) is 0 Å². The molecule has 3 aliphatic rings. The molecule has 0 atom stereocenters. The Kier molecular flexibility index (Phi) is 13.4. The van der Waals surface area contributed by atoms with Crippen LogP contribution in [0.1, 0.15) is 17.1 Å². The second-order valence-corrected chi connectivity index (χ2v) is 9.18. The summed E-state index contributed by atoms with van der Waals surface area (Å²) in [4.78, 5) is 11.9. The van der Waals surface area contributed by atoms with E-state index in [2.05, 4.69) is 32.1 Å². The maximum Gasteiger partial charge on any atom is 0.185 e. The summed E-state index contributed by atoms with van der Waals surface area (Å²) in [6.45, 7) is 0. The SMILES string of the molecule is N=C=C1C(F)=C=C(c2ccccn2)C=C1F.N=C=C1C(F)=C=C(c2ccccn2)C=C1F.N=C=C1C(F)=C=C(c2ccccn2)C=C1F.[Ir]. The Labute approximate surface area is 288 Å². The summed E-state index contributed by atoms with van der Waals surface area (Å²) >= 11 is 0. The van der Waals surface area contributed by atoms with E-state index in [9.17, 15) is 26.3 Å². The molecule has 3 aromatic rings. The Hall–Kier alpha value is -6.19. The third-order valence-electron chi connectivity index (χ3n) is 6.12. The first-order chi connectivity index (χ1) is 23.2. The minimum absolute atomic E-state index is 0. The smallest absolute Gasteiger partial charge is 0.185 e. The van der Waals surface area contributed by atoms with Crippen molar-refractivity contribution in [2.75, 3.05) is 0 Å². The minimum Gasteiger partial charge on any atom is -0.258 e. The molecule has 0 fully saturated rings. The van der Waals surface area contributed by atoms with Gasteiger partial charge in [0.1, 0.15) is 34.2 Å². The van der Waals surface area contributed by atoms with Crippen LogP contribution in [-0.4, -0.2) is 32.6 Å². The summed E-state index contributed by atoms with van der Waals surface area (Å²) in [6, 6.07) is 15.1. The van der Waals surface area contributed by atoms with E-state index in [0.717, 1.165) is 18.2 Å². The topological polar surface area (TPSA) is 110 Å². The third kappa shape index (κ3) is 9.43. The molecule has 0 aromatic carbocycles. The molecule has 0 saturated carbocycles. The van der Waals surface area contributed by atoms with Crippen LogP contribution in [-0.2, 0) is 20.1 Å². The largest absolute Gasteiger partial charge is 0.258 e. The number of halogens is 6. The summed E-state index contributed by atoms with van der Waals surface area (Å²) in [5.74, 6) is -0.255. The molecule has 6 rings (SSSR count). The summed E-state index contributed by atoms with van der Waals surface area (Å²) in [6.07, 6.45) is 7.83. The van der Waals surface area contributed by atoms with Crippen LogP contribution in [0.2, 0.25) is 0 Å². The molecule has 1 radical (unpaired) electrons. The van der Waals surface area contributed by atoms with Crippen molar-refractivity contribution in [1.29, 1.82) is 16.2 Å². The van der Waals surface area contributed by atoms with Crippen molar-refractivity contribution in [2.24, 2.45) is 0 Å². The summed E-state index contributed by atoms with van der Waals surface area (Å²) in [5.41, 5.74) is 7.39. The van der Waals surface area contributed by atoms with E-state index < -0.39 is 51.7 Å². The molecule has 243 valence electrons. The third-order valence-corrected chi connectivity index (χ3v) is 6.12. The van der Waals surface area contributed by atoms with Gasteiger partial charge in [0.15, 0.2) is 17.5 Å². The van der Waals surface area contributed by atoms with Crippen molar-refractivity contribution in [3.63, 3.8) is 0 Å². The van der Waals surface area contributed by atoms with Crippen LogP contribution in [0.3, 0.4) is 0 Å². The van der Waals surface area contributed by atoms with Gasteiger partial charge in [-0.05, 0) is 72.2 Å². The Morgan fingerprint density at radius 1 is 0.449 bits per heavy atom. The van der Waals surface area contributed by atoms with E-state index >= 15 is 0 Å². The van der Waals surface area contributed by atoms with Gasteiger partial charge in [0.05, 0.1) is 17.1 Å². The number of aromatic nitrogens is 3. The quantitative estimate of drug-likeness (QED) is 0.139. The molecule has 3 heterocycles. The van der Waals surface area contributed by atoms with Crippen molar-refractivity contribution in [3.05, 3.63) is 177 Å². The Bertz CT molecular complexity index is 1980. The van der Waals surface area contributed by atoms with Crippen LogP contribution in [0.4, 0.5) is 26.3 Å². The predicted molar refractivity (Wildman–Crippen MR) is 169 cm³/mol. The average Bonchev–Trinajstić information content (AvgIpc) is 3.09. The van der Waals surface area contributed by atoms with Crippen molar-refractivity contribution in [2.45, 2.75) is 0 Å². The number of allylic oxidation sites excluding steroid dienone is 12. The number of hydrogen-bond acceptors (Lipinski definition) is 6. The molecular weight excluding hydrogens is 823 g/mol. The standard InChI is InChI=1S/3C12H6F2N2.Ir/c3*13-10-5-8(6-11(14)9(10)7-15)12-3-1-2-4-16-12;/h3*1-5,15H;. The molecule has 0 saturated heterocycles. The van der Waals surface area contributed by atoms with E-state index in [1.807, 2.05) is 0 Å². The fraction of sp³-hybridized carbons (Fsp3) is 0. The number of nitrogens with zero attached hydrogens (tertiary/aromatic N) is 3. The second kappa shape index (κ2) is 17.6. The molecule has 0 unspecified atom stereocenters. The van der Waals surface area contributed by atoms with Gasteiger partial charge in [0.25, 0.3) is 0 Å². The Balaban J connectivity index is 0.000000197. The number of nitrogens with one attached hydrogen (secondary N) is 3. The van der Waals surface area contributed by atoms with E-state index in [0.29, 0.717) is 17.1 Å². The normalized spacial score (nSPS) is 14.6. The minimum atomic E-state index is -0.935. The molecule has 13 heteroatoms. The van der Waals surface area contributed by atoms with E-state index in [-0.39, 0.29) is 36.8 Å². The molecule has 3 aliphatic carbocycles. The molecule has 3 N–H and O–H groups in total. The molecule has 3 aromatic heterocycles. The van der Waals surface area contributed by atoms with E-state index in [1.165, 1.54) is 18.6 Å². The fourth-order valence-corrected chi connectivity index (χ4v) is 3.89. The van der Waals surface area contributed by atoms with Gasteiger partial charge in [0, 0.05) is 55.4 Å². The maximum atomic E-state index is 13.3. The van der Waals surface area contributed by atoms with Crippen LogP contribution in [0.15, 0.2) is 160 Å². The predicted octanol–water partition coefficient (Wildman–Crippen LogP) is 8.88.